The van der Waals surface area contributed by atoms with Crippen LogP contribution in [0.25, 0.3) is 21.2 Å². The van der Waals surface area contributed by atoms with Crippen molar-refractivity contribution in [3.63, 3.8) is 0 Å². The van der Waals surface area contributed by atoms with E-state index in [1.807, 2.05) is 83.1 Å². The van der Waals surface area contributed by atoms with Gasteiger partial charge in [0.1, 0.15) is 5.75 Å². The van der Waals surface area contributed by atoms with Gasteiger partial charge in [0.15, 0.2) is 0 Å². The normalized spacial score (nSPS) is 9.83. The van der Waals surface area contributed by atoms with Gasteiger partial charge in [-0.1, -0.05) is 87.9 Å². The molecule has 0 saturated heterocycles. The lowest BCUT2D eigenvalue weighted by molar-refractivity contribution is 0.104. The number of carbonyl (C=O) groups excluding carboxylic acids is 1. The Morgan fingerprint density at radius 2 is 1.48 bits per heavy atom. The van der Waals surface area contributed by atoms with Gasteiger partial charge in [0, 0.05) is 22.6 Å². The van der Waals surface area contributed by atoms with Crippen LogP contribution in [-0.4, -0.2) is 10.9 Å². The van der Waals surface area contributed by atoms with Crippen LogP contribution in [0.4, 0.5) is 0 Å². The average molecular weight is 408 g/mol. The average Bonchev–Trinajstić information content (AvgIpc) is 3.15. The summed E-state index contributed by atoms with van der Waals surface area (Å²) in [6.07, 6.45) is 0. The van der Waals surface area contributed by atoms with E-state index in [1.165, 1.54) is 16.9 Å². The van der Waals surface area contributed by atoms with Gasteiger partial charge in [-0.2, -0.15) is 0 Å². The minimum Gasteiger partial charge on any atom is -0.508 e. The third-order valence-electron chi connectivity index (χ3n) is 4.26. The number of hydrogen-bond acceptors (Lipinski definition) is 3. The van der Waals surface area contributed by atoms with E-state index < -0.39 is 0 Å². The second-order valence-corrected chi connectivity index (χ2v) is 7.10. The van der Waals surface area contributed by atoms with Gasteiger partial charge in [0.05, 0.1) is 4.88 Å². The Kier molecular flexibility index (Phi) is 8.17. The minimum absolute atomic E-state index is 0. The van der Waals surface area contributed by atoms with Gasteiger partial charge < -0.3 is 5.11 Å². The SMILES string of the molecule is CC.CC.Cc1ccc(-c2c(C(=O)c3ccccc3)sc3cc(O)ccc23)cc1.[2HH]. The fourth-order valence-corrected chi connectivity index (χ4v) is 4.19. The van der Waals surface area contributed by atoms with Crippen molar-refractivity contribution in [1.29, 1.82) is 0 Å². The Bertz CT molecular complexity index is 1070. The van der Waals surface area contributed by atoms with Crippen LogP contribution in [0.15, 0.2) is 72.8 Å². The molecule has 0 radical (unpaired) electrons. The van der Waals surface area contributed by atoms with Crippen LogP contribution >= 0.6 is 11.3 Å². The summed E-state index contributed by atoms with van der Waals surface area (Å²) in [5, 5.41) is 10.8. The molecule has 1 aromatic heterocycles. The highest BCUT2D eigenvalue weighted by Crippen LogP contribution is 2.41. The van der Waals surface area contributed by atoms with E-state index in [4.69, 9.17) is 0 Å². The Morgan fingerprint density at radius 1 is 0.862 bits per heavy atom. The van der Waals surface area contributed by atoms with Crippen LogP contribution < -0.4 is 0 Å². The van der Waals surface area contributed by atoms with E-state index in [1.54, 1.807) is 12.1 Å². The highest BCUT2D eigenvalue weighted by Gasteiger charge is 2.21. The predicted octanol–water partition coefficient (Wildman–Crippen LogP) is 8.11. The lowest BCUT2D eigenvalue weighted by atomic mass is 9.97. The fraction of sp³-hybridized carbons (Fsp3) is 0.192. The molecule has 0 spiro atoms. The van der Waals surface area contributed by atoms with Gasteiger partial charge >= 0.3 is 0 Å². The van der Waals surface area contributed by atoms with Crippen molar-refractivity contribution in [2.75, 3.05) is 0 Å². The highest BCUT2D eigenvalue weighted by atomic mass is 32.1. The highest BCUT2D eigenvalue weighted by molar-refractivity contribution is 7.21. The maximum Gasteiger partial charge on any atom is 0.203 e. The summed E-state index contributed by atoms with van der Waals surface area (Å²) in [5.41, 5.74) is 3.80. The molecule has 152 valence electrons. The smallest absolute Gasteiger partial charge is 0.203 e. The molecule has 3 heteroatoms. The van der Waals surface area contributed by atoms with Gasteiger partial charge in [0.2, 0.25) is 5.78 Å². The summed E-state index contributed by atoms with van der Waals surface area (Å²) in [6.45, 7) is 10.0. The van der Waals surface area contributed by atoms with Crippen LogP contribution in [0.2, 0.25) is 0 Å². The van der Waals surface area contributed by atoms with Crippen molar-refractivity contribution >= 4 is 27.2 Å². The molecule has 0 aliphatic rings. The van der Waals surface area contributed by atoms with Crippen molar-refractivity contribution < 1.29 is 11.3 Å². The van der Waals surface area contributed by atoms with Crippen LogP contribution in [0.3, 0.4) is 0 Å². The van der Waals surface area contributed by atoms with Crippen LogP contribution in [0.5, 0.6) is 5.75 Å². The van der Waals surface area contributed by atoms with Crippen LogP contribution in [0, 0.1) is 6.92 Å². The third-order valence-corrected chi connectivity index (χ3v) is 5.41. The van der Waals surface area contributed by atoms with E-state index in [9.17, 15) is 9.90 Å². The molecule has 29 heavy (non-hydrogen) atoms. The summed E-state index contributed by atoms with van der Waals surface area (Å²) in [6, 6.07) is 22.8. The van der Waals surface area contributed by atoms with E-state index >= 15 is 0 Å². The number of phenols is 1. The molecule has 0 bridgehead atoms. The lowest BCUT2D eigenvalue weighted by Crippen LogP contribution is -2.00. The van der Waals surface area contributed by atoms with Gasteiger partial charge in [-0.05, 0) is 30.7 Å². The molecule has 0 unspecified atom stereocenters. The molecular weight excluding hydrogens is 376 g/mol. The second-order valence-electron chi connectivity index (χ2n) is 6.05. The molecule has 0 aliphatic heterocycles. The number of aromatic hydroxyl groups is 1. The monoisotopic (exact) mass is 407 g/mol. The predicted molar refractivity (Wildman–Crippen MR) is 128 cm³/mol. The number of thiophene rings is 1. The zero-order chi connectivity index (χ0) is 21.4. The first kappa shape index (κ1) is 22.4. The van der Waals surface area contributed by atoms with Crippen LogP contribution in [0.1, 0.15) is 49.9 Å². The molecule has 4 aromatic rings. The number of benzene rings is 3. The molecule has 1 heterocycles. The number of hydrogen-bond donors (Lipinski definition) is 1. The standard InChI is InChI=1S/C22H16O2S.2C2H6.H2/c1-14-7-9-15(10-8-14)20-18-12-11-17(23)13-19(18)25-22(20)21(24)16-5-3-2-4-6-16;2*1-2;/h2-13,23H,1H3;2*1-2H3;1H/i;;;1+1. The maximum absolute atomic E-state index is 13.1. The summed E-state index contributed by atoms with van der Waals surface area (Å²) in [5.74, 6) is 0.222. The van der Waals surface area contributed by atoms with Crippen molar-refractivity contribution in [3.05, 3.63) is 88.8 Å². The van der Waals surface area contributed by atoms with Crippen molar-refractivity contribution in [2.45, 2.75) is 34.6 Å². The number of carbonyl (C=O) groups is 1. The second kappa shape index (κ2) is 10.6. The lowest BCUT2D eigenvalue weighted by Gasteiger charge is -2.06. The summed E-state index contributed by atoms with van der Waals surface area (Å²) >= 11 is 1.43. The maximum atomic E-state index is 13.1. The van der Waals surface area contributed by atoms with Gasteiger partial charge in [0.25, 0.3) is 0 Å². The van der Waals surface area contributed by atoms with Crippen molar-refractivity contribution in [3.8, 4) is 16.9 Å². The Hall–Kier alpha value is -2.91. The van der Waals surface area contributed by atoms with Crippen molar-refractivity contribution in [2.24, 2.45) is 0 Å². The van der Waals surface area contributed by atoms with E-state index in [2.05, 4.69) is 12.1 Å². The Balaban J connectivity index is 0.000000851. The third kappa shape index (κ3) is 4.93. The number of fused-ring (bicyclic) bond motifs is 1. The Labute approximate surface area is 179 Å². The van der Waals surface area contributed by atoms with Crippen molar-refractivity contribution in [1.82, 2.24) is 0 Å². The molecule has 0 fully saturated rings. The molecule has 2 nitrogen and oxygen atoms in total. The molecule has 0 amide bonds. The first-order chi connectivity index (χ1) is 14.1. The zero-order valence-corrected chi connectivity index (χ0v) is 18.5. The molecule has 0 saturated carbocycles. The first-order valence-corrected chi connectivity index (χ1v) is 10.9. The largest absolute Gasteiger partial charge is 0.508 e. The van der Waals surface area contributed by atoms with E-state index in [-0.39, 0.29) is 13.0 Å². The summed E-state index contributed by atoms with van der Waals surface area (Å²) in [4.78, 5) is 13.8. The molecule has 4 rings (SSSR count). The molecule has 3 aromatic carbocycles. The molecule has 0 aliphatic carbocycles. The number of ketones is 1. The summed E-state index contributed by atoms with van der Waals surface area (Å²) < 4.78 is 0.912. The number of rotatable bonds is 3. The quantitative estimate of drug-likeness (QED) is 0.348. The molecule has 0 atom stereocenters. The summed E-state index contributed by atoms with van der Waals surface area (Å²) in [7, 11) is 0. The van der Waals surface area contributed by atoms with Gasteiger partial charge in [-0.25, -0.2) is 0 Å². The van der Waals surface area contributed by atoms with Gasteiger partial charge in [-0.3, -0.25) is 4.79 Å². The molecular formula is C26H30O2S. The number of phenolic OH excluding ortho intramolecular Hbond substituents is 1. The minimum atomic E-state index is 0. The molecule has 1 N–H and O–H groups in total. The van der Waals surface area contributed by atoms with E-state index in [0.29, 0.717) is 10.4 Å². The van der Waals surface area contributed by atoms with Gasteiger partial charge in [-0.15, -0.1) is 11.3 Å². The first-order valence-electron chi connectivity index (χ1n) is 10.1. The zero-order valence-electron chi connectivity index (χ0n) is 17.7. The van der Waals surface area contributed by atoms with Crippen LogP contribution in [-0.2, 0) is 0 Å². The van der Waals surface area contributed by atoms with E-state index in [0.717, 1.165) is 21.2 Å². The Morgan fingerprint density at radius 3 is 2.10 bits per heavy atom. The topological polar surface area (TPSA) is 37.3 Å². The fourth-order valence-electron chi connectivity index (χ4n) is 2.97. The number of aryl methyl sites for hydroxylation is 1.